The highest BCUT2D eigenvalue weighted by Crippen LogP contribution is 2.57. The molecule has 0 radical (unpaired) electrons. The van der Waals surface area contributed by atoms with E-state index in [9.17, 15) is 5.48 Å². The summed E-state index contributed by atoms with van der Waals surface area (Å²) in [6.07, 6.45) is 0. The molecular weight excluding hydrogens is 699 g/mol. The maximum Gasteiger partial charge on any atom is 0.0714 e. The number of hydrogen-bond donors (Lipinski definition) is 0. The average Bonchev–Trinajstić information content (AvgIpc) is 3.63. The highest BCUT2D eigenvalue weighted by atomic mass is 15.1. The Morgan fingerprint density at radius 2 is 0.897 bits per heavy atom. The molecule has 0 aromatic heterocycles. The molecule has 0 fully saturated rings. The number of anilines is 3. The van der Waals surface area contributed by atoms with Gasteiger partial charge in [0.1, 0.15) is 0 Å². The van der Waals surface area contributed by atoms with Crippen molar-refractivity contribution >= 4 is 38.6 Å². The van der Waals surface area contributed by atoms with Crippen LogP contribution in [0.5, 0.6) is 0 Å². The molecule has 272 valence electrons. The molecule has 0 saturated carbocycles. The molecule has 0 heterocycles. The Bertz CT molecular complexity index is 3320. The Morgan fingerprint density at radius 3 is 1.59 bits per heavy atom. The lowest BCUT2D eigenvalue weighted by atomic mass is 9.67. The molecule has 0 bridgehead atoms. The van der Waals surface area contributed by atoms with Crippen LogP contribution in [0.2, 0.25) is 0 Å². The fourth-order valence-corrected chi connectivity index (χ4v) is 9.11. The number of benzene rings is 10. The Labute approximate surface area is 345 Å². The lowest BCUT2D eigenvalue weighted by Crippen LogP contribution is -2.28. The third kappa shape index (κ3) is 5.55. The first-order chi connectivity index (χ1) is 30.4. The molecule has 0 aliphatic heterocycles. The van der Waals surface area contributed by atoms with Gasteiger partial charge in [-0.05, 0) is 126 Å². The molecule has 0 unspecified atom stereocenters. The number of fused-ring (bicyclic) bond motifs is 5. The molecule has 0 spiro atoms. The minimum Gasteiger partial charge on any atom is -0.310 e. The Kier molecular flexibility index (Phi) is 7.14. The second-order valence-electron chi connectivity index (χ2n) is 15.0. The van der Waals surface area contributed by atoms with Crippen LogP contribution in [0.4, 0.5) is 17.1 Å². The van der Waals surface area contributed by atoms with E-state index in [0.717, 1.165) is 71.9 Å². The minimum atomic E-state index is -0.682. The fraction of sp³-hybridized carbons (Fsp3) is 0.0175. The molecule has 0 atom stereocenters. The van der Waals surface area contributed by atoms with Crippen molar-refractivity contribution in [1.29, 1.82) is 0 Å². The van der Waals surface area contributed by atoms with Crippen LogP contribution in [-0.2, 0) is 5.41 Å². The molecule has 58 heavy (non-hydrogen) atoms. The molecule has 11 rings (SSSR count). The van der Waals surface area contributed by atoms with E-state index in [-0.39, 0.29) is 29.9 Å². The van der Waals surface area contributed by atoms with E-state index in [1.54, 1.807) is 0 Å². The number of nitrogens with zero attached hydrogens (tertiary/aromatic N) is 1. The molecule has 1 nitrogen and oxygen atoms in total. The summed E-state index contributed by atoms with van der Waals surface area (Å²) in [5, 5.41) is 4.31. The van der Waals surface area contributed by atoms with E-state index < -0.39 is 5.41 Å². The largest absolute Gasteiger partial charge is 0.310 e. The van der Waals surface area contributed by atoms with Crippen LogP contribution < -0.4 is 4.90 Å². The first kappa shape index (κ1) is 29.8. The monoisotopic (exact) mass is 741 g/mol. The normalized spacial score (nSPS) is 13.6. The van der Waals surface area contributed by atoms with Crippen LogP contribution >= 0.6 is 0 Å². The zero-order valence-electron chi connectivity index (χ0n) is 35.7. The van der Waals surface area contributed by atoms with Crippen LogP contribution in [0.3, 0.4) is 0 Å². The van der Waals surface area contributed by atoms with E-state index in [2.05, 4.69) is 152 Å². The SMILES string of the molecule is [2H]c1c([2H])c(-c2ccc3ccccc3c2)c([2H])c(N(c2cccc(-c3ccc4ccccc4c3)c2)c2ccc3c(c2)C(c2ccccc2)(c2ccccc2)c2ccccc2-3)c1[2H]. The summed E-state index contributed by atoms with van der Waals surface area (Å²) in [7, 11) is 0. The van der Waals surface area contributed by atoms with Gasteiger partial charge in [0.05, 0.1) is 10.9 Å². The quantitative estimate of drug-likeness (QED) is 0.157. The van der Waals surface area contributed by atoms with Crippen LogP contribution in [0.15, 0.2) is 236 Å². The summed E-state index contributed by atoms with van der Waals surface area (Å²) in [5.74, 6) is 0. The Morgan fingerprint density at radius 1 is 0.345 bits per heavy atom. The molecule has 1 aliphatic carbocycles. The summed E-state index contributed by atoms with van der Waals surface area (Å²) in [4.78, 5) is 1.97. The van der Waals surface area contributed by atoms with Crippen molar-refractivity contribution in [2.24, 2.45) is 0 Å². The Hall–Kier alpha value is -7.48. The van der Waals surface area contributed by atoms with Gasteiger partial charge in [-0.2, -0.15) is 0 Å². The van der Waals surface area contributed by atoms with Crippen molar-refractivity contribution in [3.05, 3.63) is 259 Å². The highest BCUT2D eigenvalue weighted by Gasteiger charge is 2.46. The van der Waals surface area contributed by atoms with Crippen molar-refractivity contribution in [2.45, 2.75) is 5.41 Å². The van der Waals surface area contributed by atoms with Gasteiger partial charge >= 0.3 is 0 Å². The average molecular weight is 742 g/mol. The summed E-state index contributed by atoms with van der Waals surface area (Å²) < 4.78 is 38.3. The Balaban J connectivity index is 1.20. The first-order valence-electron chi connectivity index (χ1n) is 21.8. The van der Waals surface area contributed by atoms with Gasteiger partial charge in [-0.3, -0.25) is 0 Å². The van der Waals surface area contributed by atoms with Gasteiger partial charge in [-0.15, -0.1) is 0 Å². The fourth-order valence-electron chi connectivity index (χ4n) is 9.11. The van der Waals surface area contributed by atoms with E-state index in [1.165, 1.54) is 5.56 Å². The van der Waals surface area contributed by atoms with E-state index in [0.29, 0.717) is 11.1 Å². The van der Waals surface area contributed by atoms with E-state index >= 15 is 0 Å². The highest BCUT2D eigenvalue weighted by molar-refractivity contribution is 5.93. The van der Waals surface area contributed by atoms with Crippen LogP contribution in [-0.4, -0.2) is 0 Å². The van der Waals surface area contributed by atoms with Crippen LogP contribution in [0.1, 0.15) is 27.7 Å². The second-order valence-corrected chi connectivity index (χ2v) is 15.0. The molecule has 10 aromatic carbocycles. The lowest BCUT2D eigenvalue weighted by molar-refractivity contribution is 0.768. The predicted octanol–water partition coefficient (Wildman–Crippen LogP) is 15.2. The first-order valence-corrected chi connectivity index (χ1v) is 19.8. The van der Waals surface area contributed by atoms with Crippen molar-refractivity contribution in [3.63, 3.8) is 0 Å². The van der Waals surface area contributed by atoms with Crippen molar-refractivity contribution in [2.75, 3.05) is 4.90 Å². The van der Waals surface area contributed by atoms with E-state index in [1.807, 2.05) is 65.6 Å². The molecule has 0 amide bonds. The predicted molar refractivity (Wildman–Crippen MR) is 244 cm³/mol. The molecule has 1 heteroatoms. The van der Waals surface area contributed by atoms with Gasteiger partial charge in [0, 0.05) is 17.1 Å². The van der Waals surface area contributed by atoms with Crippen molar-refractivity contribution in [3.8, 4) is 33.4 Å². The summed E-state index contributed by atoms with van der Waals surface area (Å²) >= 11 is 0. The molecule has 1 aliphatic rings. The van der Waals surface area contributed by atoms with Crippen LogP contribution in [0, 0.1) is 0 Å². The number of hydrogen-bond acceptors (Lipinski definition) is 1. The van der Waals surface area contributed by atoms with Crippen LogP contribution in [0.25, 0.3) is 54.9 Å². The van der Waals surface area contributed by atoms with Crippen molar-refractivity contribution < 1.29 is 5.48 Å². The minimum absolute atomic E-state index is 0.0172. The summed E-state index contributed by atoms with van der Waals surface area (Å²) in [5.41, 5.74) is 10.8. The number of rotatable bonds is 7. The smallest absolute Gasteiger partial charge is 0.0714 e. The van der Waals surface area contributed by atoms with E-state index in [4.69, 9.17) is 0 Å². The summed E-state index contributed by atoms with van der Waals surface area (Å²) in [6, 6.07) is 72.9. The van der Waals surface area contributed by atoms with Gasteiger partial charge in [-0.25, -0.2) is 0 Å². The lowest BCUT2D eigenvalue weighted by Gasteiger charge is -2.35. The molecule has 10 aromatic rings. The molecular formula is C57H39N. The van der Waals surface area contributed by atoms with Gasteiger partial charge in [0.25, 0.3) is 0 Å². The second kappa shape index (κ2) is 13.9. The third-order valence-electron chi connectivity index (χ3n) is 11.8. The van der Waals surface area contributed by atoms with Gasteiger partial charge < -0.3 is 4.90 Å². The molecule has 0 saturated heterocycles. The van der Waals surface area contributed by atoms with Gasteiger partial charge in [-0.1, -0.05) is 188 Å². The zero-order valence-corrected chi connectivity index (χ0v) is 31.7. The van der Waals surface area contributed by atoms with Crippen molar-refractivity contribution in [1.82, 2.24) is 0 Å². The maximum absolute atomic E-state index is 10.0. The summed E-state index contributed by atoms with van der Waals surface area (Å²) in [6.45, 7) is 0. The maximum atomic E-state index is 10.0. The molecule has 0 N–H and O–H groups in total. The van der Waals surface area contributed by atoms with Gasteiger partial charge in [0.15, 0.2) is 0 Å². The zero-order chi connectivity index (χ0) is 42.0. The van der Waals surface area contributed by atoms with Gasteiger partial charge in [0.2, 0.25) is 0 Å². The third-order valence-corrected chi connectivity index (χ3v) is 11.8. The topological polar surface area (TPSA) is 3.24 Å². The standard InChI is InChI=1S/C57H39N/c1-3-21-48(22-4-1)57(49-23-5-2-6-24-49)55-28-12-11-27-53(55)54-34-33-52(39-56(54)57)58(50-25-13-19-44(37-50)46-31-29-40-15-7-9-17-42(40)35-46)51-26-14-20-45(38-51)47-32-30-41-16-8-10-18-43(41)36-47/h1-39H/i13D,19D,25D,37D.